The van der Waals surface area contributed by atoms with E-state index in [9.17, 15) is 4.79 Å². The molecule has 0 bridgehead atoms. The van der Waals surface area contributed by atoms with E-state index in [1.54, 1.807) is 7.05 Å². The zero-order chi connectivity index (χ0) is 8.85. The van der Waals surface area contributed by atoms with Gasteiger partial charge in [0.15, 0.2) is 5.78 Å². The Morgan fingerprint density at radius 1 is 1.55 bits per heavy atom. The summed E-state index contributed by atoms with van der Waals surface area (Å²) in [5.41, 5.74) is 0. The van der Waals surface area contributed by atoms with Crippen LogP contribution in [0.25, 0.3) is 0 Å². The third-order valence-corrected chi connectivity index (χ3v) is 1.60. The first-order valence-corrected chi connectivity index (χ1v) is 3.92. The average molecular weight is 159 g/mol. The molecule has 0 aliphatic rings. The van der Waals surface area contributed by atoms with Crippen LogP contribution >= 0.6 is 0 Å². The van der Waals surface area contributed by atoms with E-state index >= 15 is 0 Å². The summed E-state index contributed by atoms with van der Waals surface area (Å²) < 4.78 is 0. The summed E-state index contributed by atoms with van der Waals surface area (Å²) in [5, 5.41) is 11.4. The van der Waals surface area contributed by atoms with E-state index in [4.69, 9.17) is 5.11 Å². The van der Waals surface area contributed by atoms with Gasteiger partial charge in [0.1, 0.15) is 6.61 Å². The summed E-state index contributed by atoms with van der Waals surface area (Å²) in [5.74, 6) is 0.351. The molecular weight excluding hydrogens is 142 g/mol. The summed E-state index contributed by atoms with van der Waals surface area (Å²) in [7, 11) is 1.74. The number of likely N-dealkylation sites (N-methyl/N-ethyl adjacent to an activating group) is 1. The van der Waals surface area contributed by atoms with Crippen LogP contribution in [0.3, 0.4) is 0 Å². The van der Waals surface area contributed by atoms with Crippen molar-refractivity contribution in [3.05, 3.63) is 0 Å². The maximum absolute atomic E-state index is 11.0. The Balaban J connectivity index is 3.84. The summed E-state index contributed by atoms with van der Waals surface area (Å²) in [6, 6.07) is -0.181. The number of ketones is 1. The highest BCUT2D eigenvalue weighted by atomic mass is 16.3. The molecule has 66 valence electrons. The van der Waals surface area contributed by atoms with Crippen molar-refractivity contribution in [1.82, 2.24) is 5.32 Å². The van der Waals surface area contributed by atoms with Crippen molar-refractivity contribution in [1.29, 1.82) is 0 Å². The quantitative estimate of drug-likeness (QED) is 0.601. The third kappa shape index (κ3) is 4.11. The lowest BCUT2D eigenvalue weighted by Gasteiger charge is -2.15. The van der Waals surface area contributed by atoms with Crippen LogP contribution in [0.4, 0.5) is 0 Å². The molecule has 0 aliphatic heterocycles. The minimum Gasteiger partial charge on any atom is -0.389 e. The fourth-order valence-corrected chi connectivity index (χ4v) is 0.992. The predicted molar refractivity (Wildman–Crippen MR) is 44.4 cm³/mol. The maximum Gasteiger partial charge on any atom is 0.174 e. The molecule has 0 saturated heterocycles. The molecule has 0 rings (SSSR count). The van der Waals surface area contributed by atoms with E-state index in [2.05, 4.69) is 19.2 Å². The average Bonchev–Trinajstić information content (AvgIpc) is 1.98. The molecule has 1 atom stereocenters. The van der Waals surface area contributed by atoms with Crippen molar-refractivity contribution in [2.75, 3.05) is 13.7 Å². The molecule has 0 aromatic heterocycles. The number of rotatable bonds is 5. The Morgan fingerprint density at radius 3 is 2.36 bits per heavy atom. The molecule has 3 nitrogen and oxygen atoms in total. The largest absolute Gasteiger partial charge is 0.389 e. The SMILES string of the molecule is CN[C@H](CC(C)C)C(=O)CO. The van der Waals surface area contributed by atoms with E-state index in [1.807, 2.05) is 0 Å². The first-order chi connectivity index (χ1) is 5.11. The molecule has 0 aromatic carbocycles. The molecule has 2 N–H and O–H groups in total. The predicted octanol–water partition coefficient (Wildman–Crippen LogP) is 0.182. The molecule has 0 radical (unpaired) electrons. The smallest absolute Gasteiger partial charge is 0.174 e. The third-order valence-electron chi connectivity index (χ3n) is 1.60. The minimum atomic E-state index is -0.363. The Hall–Kier alpha value is -0.410. The van der Waals surface area contributed by atoms with Crippen LogP contribution in [0.15, 0.2) is 0 Å². The van der Waals surface area contributed by atoms with E-state index in [-0.39, 0.29) is 18.4 Å². The first-order valence-electron chi connectivity index (χ1n) is 3.92. The highest BCUT2D eigenvalue weighted by molar-refractivity contribution is 5.84. The lowest BCUT2D eigenvalue weighted by molar-refractivity contribution is -0.124. The standard InChI is InChI=1S/C8H17NO2/c1-6(2)4-7(9-3)8(11)5-10/h6-7,9-10H,4-5H2,1-3H3/t7-/m1/s1. The van der Waals surface area contributed by atoms with Gasteiger partial charge in [-0.1, -0.05) is 13.8 Å². The zero-order valence-corrected chi connectivity index (χ0v) is 7.42. The van der Waals surface area contributed by atoms with Gasteiger partial charge >= 0.3 is 0 Å². The molecule has 0 unspecified atom stereocenters. The number of hydrogen-bond acceptors (Lipinski definition) is 3. The van der Waals surface area contributed by atoms with Crippen LogP contribution in [-0.2, 0) is 4.79 Å². The van der Waals surface area contributed by atoms with Gasteiger partial charge in [-0.3, -0.25) is 4.79 Å². The summed E-state index contributed by atoms with van der Waals surface area (Å²) in [6.07, 6.45) is 0.788. The van der Waals surface area contributed by atoms with Crippen LogP contribution in [0.1, 0.15) is 20.3 Å². The second kappa shape index (κ2) is 5.27. The summed E-state index contributed by atoms with van der Waals surface area (Å²) in [6.45, 7) is 3.74. The number of aliphatic hydroxyl groups excluding tert-OH is 1. The number of hydrogen-bond donors (Lipinski definition) is 2. The molecule has 0 fully saturated rings. The summed E-state index contributed by atoms with van der Waals surface area (Å²) >= 11 is 0. The summed E-state index contributed by atoms with van der Waals surface area (Å²) in [4.78, 5) is 11.0. The number of carbonyl (C=O) groups is 1. The van der Waals surface area contributed by atoms with Gasteiger partial charge in [-0.05, 0) is 19.4 Å². The molecule has 11 heavy (non-hydrogen) atoms. The monoisotopic (exact) mass is 159 g/mol. The van der Waals surface area contributed by atoms with Crippen LogP contribution in [0.2, 0.25) is 0 Å². The van der Waals surface area contributed by atoms with Crippen molar-refractivity contribution >= 4 is 5.78 Å². The van der Waals surface area contributed by atoms with Crippen LogP contribution in [0.5, 0.6) is 0 Å². The Bertz CT molecular complexity index is 123. The normalized spacial score (nSPS) is 13.5. The lowest BCUT2D eigenvalue weighted by atomic mass is 10.0. The van der Waals surface area contributed by atoms with Gasteiger partial charge in [-0.2, -0.15) is 0 Å². The zero-order valence-electron chi connectivity index (χ0n) is 7.42. The molecular formula is C8H17NO2. The Morgan fingerprint density at radius 2 is 2.09 bits per heavy atom. The lowest BCUT2D eigenvalue weighted by Crippen LogP contribution is -2.36. The van der Waals surface area contributed by atoms with Gasteiger partial charge in [-0.25, -0.2) is 0 Å². The van der Waals surface area contributed by atoms with E-state index < -0.39 is 0 Å². The van der Waals surface area contributed by atoms with Crippen molar-refractivity contribution < 1.29 is 9.90 Å². The highest BCUT2D eigenvalue weighted by Gasteiger charge is 2.15. The van der Waals surface area contributed by atoms with Crippen LogP contribution in [0, 0.1) is 5.92 Å². The highest BCUT2D eigenvalue weighted by Crippen LogP contribution is 2.04. The van der Waals surface area contributed by atoms with Crippen molar-refractivity contribution in [3.63, 3.8) is 0 Å². The van der Waals surface area contributed by atoms with Gasteiger partial charge < -0.3 is 10.4 Å². The van der Waals surface area contributed by atoms with E-state index in [0.717, 1.165) is 6.42 Å². The molecule has 0 aromatic rings. The van der Waals surface area contributed by atoms with Crippen molar-refractivity contribution in [3.8, 4) is 0 Å². The first kappa shape index (κ1) is 10.6. The molecule has 0 heterocycles. The van der Waals surface area contributed by atoms with Crippen molar-refractivity contribution in [2.45, 2.75) is 26.3 Å². The fourth-order valence-electron chi connectivity index (χ4n) is 0.992. The second-order valence-corrected chi connectivity index (χ2v) is 3.10. The number of carbonyl (C=O) groups excluding carboxylic acids is 1. The second-order valence-electron chi connectivity index (χ2n) is 3.10. The van der Waals surface area contributed by atoms with Gasteiger partial charge in [0.05, 0.1) is 6.04 Å². The minimum absolute atomic E-state index is 0.124. The van der Waals surface area contributed by atoms with Crippen molar-refractivity contribution in [2.24, 2.45) is 5.92 Å². The Labute approximate surface area is 67.8 Å². The Kier molecular flexibility index (Phi) is 5.07. The molecule has 0 aliphatic carbocycles. The number of nitrogens with one attached hydrogen (secondary N) is 1. The van der Waals surface area contributed by atoms with Crippen LogP contribution < -0.4 is 5.32 Å². The maximum atomic E-state index is 11.0. The molecule has 0 amide bonds. The van der Waals surface area contributed by atoms with E-state index in [1.165, 1.54) is 0 Å². The van der Waals surface area contributed by atoms with Gasteiger partial charge in [0.2, 0.25) is 0 Å². The van der Waals surface area contributed by atoms with Gasteiger partial charge in [0, 0.05) is 0 Å². The van der Waals surface area contributed by atoms with Gasteiger partial charge in [-0.15, -0.1) is 0 Å². The van der Waals surface area contributed by atoms with Crippen LogP contribution in [-0.4, -0.2) is 30.6 Å². The topological polar surface area (TPSA) is 49.3 Å². The number of aliphatic hydroxyl groups is 1. The fraction of sp³-hybridized carbons (Fsp3) is 0.875. The van der Waals surface area contributed by atoms with Gasteiger partial charge in [0.25, 0.3) is 0 Å². The number of Topliss-reactive ketones (excluding diaryl/α,β-unsaturated/α-hetero) is 1. The molecule has 3 heteroatoms. The molecule has 0 saturated carbocycles. The molecule has 0 spiro atoms. The van der Waals surface area contributed by atoms with E-state index in [0.29, 0.717) is 5.92 Å².